The van der Waals surface area contributed by atoms with Crippen molar-refractivity contribution in [1.82, 2.24) is 9.97 Å². The molecule has 3 aromatic rings. The first-order valence-corrected chi connectivity index (χ1v) is 6.79. The van der Waals surface area contributed by atoms with E-state index in [0.29, 0.717) is 0 Å². The lowest BCUT2D eigenvalue weighted by Crippen LogP contribution is -2.18. The predicted octanol–water partition coefficient (Wildman–Crippen LogP) is 3.19. The molecule has 0 aliphatic carbocycles. The SMILES string of the molecule is CC(N)Cc1ccnc(-c2cccc3ccccc23)n1. The molecule has 0 aliphatic heterocycles. The Hall–Kier alpha value is -2.26. The summed E-state index contributed by atoms with van der Waals surface area (Å²) in [5.41, 5.74) is 7.89. The fourth-order valence-corrected chi connectivity index (χ4v) is 2.39. The summed E-state index contributed by atoms with van der Waals surface area (Å²) in [4.78, 5) is 9.06. The van der Waals surface area contributed by atoms with Crippen LogP contribution in [0.5, 0.6) is 0 Å². The standard InChI is InChI=1S/C17H17N3/c1-12(18)11-14-9-10-19-17(20-14)16-8-4-6-13-5-2-3-7-15(13)16/h2-10,12H,11,18H2,1H3. The van der Waals surface area contributed by atoms with Gasteiger partial charge in [-0.1, -0.05) is 42.5 Å². The van der Waals surface area contributed by atoms with Crippen molar-refractivity contribution in [2.24, 2.45) is 5.73 Å². The number of nitrogens with two attached hydrogens (primary N) is 1. The average Bonchev–Trinajstić information content (AvgIpc) is 2.46. The molecule has 3 heteroatoms. The molecule has 100 valence electrons. The van der Waals surface area contributed by atoms with Crippen molar-refractivity contribution in [3.63, 3.8) is 0 Å². The van der Waals surface area contributed by atoms with Crippen molar-refractivity contribution in [2.75, 3.05) is 0 Å². The number of hydrogen-bond acceptors (Lipinski definition) is 3. The smallest absolute Gasteiger partial charge is 0.159 e. The van der Waals surface area contributed by atoms with Gasteiger partial charge in [0, 0.05) is 29.9 Å². The van der Waals surface area contributed by atoms with Crippen LogP contribution in [0.25, 0.3) is 22.2 Å². The number of aromatic nitrogens is 2. The third-order valence-electron chi connectivity index (χ3n) is 3.27. The van der Waals surface area contributed by atoms with Crippen LogP contribution in [0.1, 0.15) is 12.6 Å². The van der Waals surface area contributed by atoms with Gasteiger partial charge >= 0.3 is 0 Å². The van der Waals surface area contributed by atoms with E-state index in [1.54, 1.807) is 0 Å². The Labute approximate surface area is 118 Å². The summed E-state index contributed by atoms with van der Waals surface area (Å²) < 4.78 is 0. The van der Waals surface area contributed by atoms with Crippen LogP contribution in [-0.4, -0.2) is 16.0 Å². The number of fused-ring (bicyclic) bond motifs is 1. The number of nitrogens with zero attached hydrogens (tertiary/aromatic N) is 2. The van der Waals surface area contributed by atoms with Crippen molar-refractivity contribution < 1.29 is 0 Å². The van der Waals surface area contributed by atoms with E-state index in [1.165, 1.54) is 10.8 Å². The van der Waals surface area contributed by atoms with Crippen LogP contribution < -0.4 is 5.73 Å². The molecule has 2 aromatic carbocycles. The molecule has 0 saturated carbocycles. The molecule has 1 heterocycles. The molecule has 3 rings (SSSR count). The molecule has 2 N–H and O–H groups in total. The van der Waals surface area contributed by atoms with Crippen LogP contribution in [0.15, 0.2) is 54.7 Å². The Bertz CT molecular complexity index is 730. The zero-order valence-electron chi connectivity index (χ0n) is 11.5. The molecule has 0 amide bonds. The molecule has 0 bridgehead atoms. The molecule has 0 fully saturated rings. The first-order chi connectivity index (χ1) is 9.74. The fraction of sp³-hybridized carbons (Fsp3) is 0.176. The summed E-state index contributed by atoms with van der Waals surface area (Å²) in [6.45, 7) is 1.99. The second-order valence-electron chi connectivity index (χ2n) is 5.08. The minimum Gasteiger partial charge on any atom is -0.328 e. The van der Waals surface area contributed by atoms with E-state index in [1.807, 2.05) is 37.4 Å². The quantitative estimate of drug-likeness (QED) is 0.789. The Morgan fingerprint density at radius 3 is 2.70 bits per heavy atom. The molecule has 3 nitrogen and oxygen atoms in total. The maximum Gasteiger partial charge on any atom is 0.159 e. The Morgan fingerprint density at radius 1 is 1.05 bits per heavy atom. The van der Waals surface area contributed by atoms with E-state index >= 15 is 0 Å². The van der Waals surface area contributed by atoms with Gasteiger partial charge in [-0.25, -0.2) is 9.97 Å². The van der Waals surface area contributed by atoms with Crippen LogP contribution in [0, 0.1) is 0 Å². The highest BCUT2D eigenvalue weighted by atomic mass is 14.9. The Kier molecular flexibility index (Phi) is 3.44. The van der Waals surface area contributed by atoms with E-state index in [4.69, 9.17) is 5.73 Å². The van der Waals surface area contributed by atoms with Crippen molar-refractivity contribution in [1.29, 1.82) is 0 Å². The lowest BCUT2D eigenvalue weighted by Gasteiger charge is -2.08. The molecular weight excluding hydrogens is 246 g/mol. The zero-order chi connectivity index (χ0) is 13.9. The molecule has 1 unspecified atom stereocenters. The van der Waals surface area contributed by atoms with E-state index < -0.39 is 0 Å². The zero-order valence-corrected chi connectivity index (χ0v) is 11.5. The molecule has 0 saturated heterocycles. The summed E-state index contributed by atoms with van der Waals surface area (Å²) in [6, 6.07) is 16.5. The largest absolute Gasteiger partial charge is 0.328 e. The van der Waals surface area contributed by atoms with E-state index in [9.17, 15) is 0 Å². The first kappa shape index (κ1) is 12.8. The van der Waals surface area contributed by atoms with Gasteiger partial charge < -0.3 is 5.73 Å². The van der Waals surface area contributed by atoms with Crippen LogP contribution in [0.4, 0.5) is 0 Å². The molecular formula is C17H17N3. The third-order valence-corrected chi connectivity index (χ3v) is 3.27. The molecule has 0 aliphatic rings. The maximum atomic E-state index is 5.84. The third kappa shape index (κ3) is 2.53. The summed E-state index contributed by atoms with van der Waals surface area (Å²) >= 11 is 0. The predicted molar refractivity (Wildman–Crippen MR) is 82.3 cm³/mol. The van der Waals surface area contributed by atoms with Crippen LogP contribution >= 0.6 is 0 Å². The van der Waals surface area contributed by atoms with Gasteiger partial charge in [0.1, 0.15) is 0 Å². The van der Waals surface area contributed by atoms with Crippen LogP contribution in [0.2, 0.25) is 0 Å². The summed E-state index contributed by atoms with van der Waals surface area (Å²) in [5.74, 6) is 0.764. The maximum absolute atomic E-state index is 5.84. The van der Waals surface area contributed by atoms with Crippen LogP contribution in [-0.2, 0) is 6.42 Å². The average molecular weight is 263 g/mol. The normalized spacial score (nSPS) is 12.5. The fourth-order valence-electron chi connectivity index (χ4n) is 2.39. The number of hydrogen-bond donors (Lipinski definition) is 1. The summed E-state index contributed by atoms with van der Waals surface area (Å²) in [6.07, 6.45) is 2.57. The minimum absolute atomic E-state index is 0.102. The Balaban J connectivity index is 2.11. The van der Waals surface area contributed by atoms with E-state index in [-0.39, 0.29) is 6.04 Å². The van der Waals surface area contributed by atoms with Crippen molar-refractivity contribution in [2.45, 2.75) is 19.4 Å². The minimum atomic E-state index is 0.102. The van der Waals surface area contributed by atoms with Gasteiger partial charge in [-0.3, -0.25) is 0 Å². The van der Waals surface area contributed by atoms with Crippen molar-refractivity contribution in [3.8, 4) is 11.4 Å². The molecule has 1 aromatic heterocycles. The summed E-state index contributed by atoms with van der Waals surface area (Å²) in [7, 11) is 0. The lowest BCUT2D eigenvalue weighted by molar-refractivity contribution is 0.721. The molecule has 1 atom stereocenters. The highest BCUT2D eigenvalue weighted by Crippen LogP contribution is 2.25. The van der Waals surface area contributed by atoms with Crippen molar-refractivity contribution in [3.05, 3.63) is 60.4 Å². The monoisotopic (exact) mass is 263 g/mol. The van der Waals surface area contributed by atoms with Gasteiger partial charge in [0.25, 0.3) is 0 Å². The van der Waals surface area contributed by atoms with Gasteiger partial charge in [0.15, 0.2) is 5.82 Å². The number of rotatable bonds is 3. The molecule has 0 radical (unpaired) electrons. The van der Waals surface area contributed by atoms with Gasteiger partial charge in [0.2, 0.25) is 0 Å². The van der Waals surface area contributed by atoms with Gasteiger partial charge in [-0.2, -0.15) is 0 Å². The van der Waals surface area contributed by atoms with Crippen LogP contribution in [0.3, 0.4) is 0 Å². The first-order valence-electron chi connectivity index (χ1n) is 6.79. The van der Waals surface area contributed by atoms with E-state index in [0.717, 1.165) is 23.5 Å². The topological polar surface area (TPSA) is 51.8 Å². The molecule has 20 heavy (non-hydrogen) atoms. The second-order valence-corrected chi connectivity index (χ2v) is 5.08. The second kappa shape index (κ2) is 5.39. The Morgan fingerprint density at radius 2 is 1.85 bits per heavy atom. The summed E-state index contributed by atoms with van der Waals surface area (Å²) in [5, 5.41) is 2.37. The van der Waals surface area contributed by atoms with Gasteiger partial charge in [-0.15, -0.1) is 0 Å². The van der Waals surface area contributed by atoms with E-state index in [2.05, 4.69) is 34.2 Å². The number of benzene rings is 2. The van der Waals surface area contributed by atoms with Gasteiger partial charge in [0.05, 0.1) is 0 Å². The van der Waals surface area contributed by atoms with Crippen molar-refractivity contribution >= 4 is 10.8 Å². The molecule has 0 spiro atoms. The highest BCUT2D eigenvalue weighted by molar-refractivity contribution is 5.94. The highest BCUT2D eigenvalue weighted by Gasteiger charge is 2.07. The lowest BCUT2D eigenvalue weighted by atomic mass is 10.0. The van der Waals surface area contributed by atoms with Gasteiger partial charge in [-0.05, 0) is 23.8 Å².